The Hall–Kier alpha value is -0.486. The van der Waals surface area contributed by atoms with Crippen molar-refractivity contribution >= 4 is 27.2 Å². The first-order valence-corrected chi connectivity index (χ1v) is 10.5. The number of halogens is 2. The van der Waals surface area contributed by atoms with E-state index >= 15 is 0 Å². The van der Waals surface area contributed by atoms with Crippen LogP contribution in [0.25, 0.3) is 0 Å². The van der Waals surface area contributed by atoms with Crippen molar-refractivity contribution in [2.75, 3.05) is 0 Å². The van der Waals surface area contributed by atoms with Crippen LogP contribution in [0.3, 0.4) is 0 Å². The Bertz CT molecular complexity index is 294. The first kappa shape index (κ1) is 11.6. The van der Waals surface area contributed by atoms with Crippen LogP contribution in [0, 0.1) is 0 Å². The Balaban J connectivity index is 3.15. The highest BCUT2D eigenvalue weighted by Gasteiger charge is 2.28. The lowest BCUT2D eigenvalue weighted by atomic mass is 10.4. The van der Waals surface area contributed by atoms with Gasteiger partial charge in [0, 0.05) is 0 Å². The van der Waals surface area contributed by atoms with Crippen molar-refractivity contribution in [3.05, 3.63) is 24.3 Å². The van der Waals surface area contributed by atoms with Crippen LogP contribution in [0.4, 0.5) is 8.22 Å². The van der Waals surface area contributed by atoms with E-state index < -0.39 is 16.8 Å². The number of benzene rings is 1. The van der Waals surface area contributed by atoms with Gasteiger partial charge in [0.2, 0.25) is 0 Å². The Morgan fingerprint density at radius 3 is 1.50 bits per heavy atom. The zero-order valence-corrected chi connectivity index (χ0v) is 11.1. The minimum atomic E-state index is -2.79. The van der Waals surface area contributed by atoms with Crippen LogP contribution in [-0.2, 0) is 0 Å². The molecule has 0 aromatic heterocycles. The summed E-state index contributed by atoms with van der Waals surface area (Å²) in [6.07, 6.45) is 0. The fourth-order valence-electron chi connectivity index (χ4n) is 1.26. The first-order chi connectivity index (χ1) is 6.21. The molecule has 0 aliphatic carbocycles. The Morgan fingerprint density at radius 2 is 1.21 bits per heavy atom. The molecule has 0 saturated carbocycles. The summed E-state index contributed by atoms with van der Waals surface area (Å²) in [6.45, 7) is 6.50. The summed E-state index contributed by atoms with van der Waals surface area (Å²) in [4.78, 5) is 0. The van der Waals surface area contributed by atoms with Gasteiger partial charge in [-0.25, -0.2) is 0 Å². The number of rotatable bonds is 2. The van der Waals surface area contributed by atoms with Crippen molar-refractivity contribution < 1.29 is 8.22 Å². The highest BCUT2D eigenvalue weighted by Crippen LogP contribution is 2.07. The molecule has 0 aliphatic rings. The Labute approximate surface area is 86.3 Å². The average molecular weight is 230 g/mol. The molecule has 0 bridgehead atoms. The molecule has 1 aromatic rings. The van der Waals surface area contributed by atoms with Gasteiger partial charge in [-0.1, -0.05) is 24.3 Å². The third-order valence-corrected chi connectivity index (χ3v) is 5.60. The van der Waals surface area contributed by atoms with Gasteiger partial charge in [0.25, 0.3) is 16.8 Å². The maximum absolute atomic E-state index is 13.7. The Morgan fingerprint density at radius 1 is 0.857 bits per heavy atom. The minimum Gasteiger partial charge on any atom is -0.308 e. The lowest BCUT2D eigenvalue weighted by Crippen LogP contribution is -2.43. The lowest BCUT2D eigenvalue weighted by molar-refractivity contribution is 0.820. The van der Waals surface area contributed by atoms with Crippen molar-refractivity contribution in [3.63, 3.8) is 0 Å². The molecule has 0 aliphatic heterocycles. The molecular formula is C10H16F2Si2. The van der Waals surface area contributed by atoms with E-state index in [4.69, 9.17) is 0 Å². The summed E-state index contributed by atoms with van der Waals surface area (Å²) in [5.74, 6) is 0. The molecule has 0 fully saturated rings. The predicted octanol–water partition coefficient (Wildman–Crippen LogP) is 2.45. The second kappa shape index (κ2) is 3.58. The van der Waals surface area contributed by atoms with Crippen LogP contribution in [0.2, 0.25) is 26.2 Å². The molecule has 0 spiro atoms. The first-order valence-electron chi connectivity index (χ1n) is 4.70. The molecule has 4 heteroatoms. The van der Waals surface area contributed by atoms with Crippen LogP contribution in [0.5, 0.6) is 0 Å². The van der Waals surface area contributed by atoms with Crippen molar-refractivity contribution in [2.45, 2.75) is 26.2 Å². The third-order valence-electron chi connectivity index (χ3n) is 2.24. The summed E-state index contributed by atoms with van der Waals surface area (Å²) in [5.41, 5.74) is 0. The van der Waals surface area contributed by atoms with E-state index in [1.807, 2.05) is 0 Å². The van der Waals surface area contributed by atoms with Gasteiger partial charge in [0.05, 0.1) is 0 Å². The highest BCUT2D eigenvalue weighted by molar-refractivity contribution is 6.86. The number of hydrogen-bond acceptors (Lipinski definition) is 0. The fraction of sp³-hybridized carbons (Fsp3) is 0.400. The van der Waals surface area contributed by atoms with E-state index in [2.05, 4.69) is 0 Å². The zero-order chi connectivity index (χ0) is 11.0. The van der Waals surface area contributed by atoms with E-state index in [9.17, 15) is 8.22 Å². The summed E-state index contributed by atoms with van der Waals surface area (Å²) < 4.78 is 27.4. The van der Waals surface area contributed by atoms with Gasteiger partial charge in [0.15, 0.2) is 0 Å². The SMILES string of the molecule is C[Si](C)(F)c1cccc([Si](C)(C)F)c1. The lowest BCUT2D eigenvalue weighted by Gasteiger charge is -2.16. The predicted molar refractivity (Wildman–Crippen MR) is 62.9 cm³/mol. The molecule has 0 radical (unpaired) electrons. The molecular weight excluding hydrogens is 214 g/mol. The minimum absolute atomic E-state index is 0.688. The highest BCUT2D eigenvalue weighted by atomic mass is 28.4. The summed E-state index contributed by atoms with van der Waals surface area (Å²) in [7, 11) is -5.58. The summed E-state index contributed by atoms with van der Waals surface area (Å²) in [6, 6.07) is 6.98. The molecule has 0 atom stereocenters. The molecule has 0 nitrogen and oxygen atoms in total. The van der Waals surface area contributed by atoms with E-state index in [0.717, 1.165) is 0 Å². The van der Waals surface area contributed by atoms with Crippen LogP contribution in [0.15, 0.2) is 24.3 Å². The van der Waals surface area contributed by atoms with E-state index in [-0.39, 0.29) is 0 Å². The standard InChI is InChI=1S/C10H16F2Si2/c1-13(2,11)9-6-5-7-10(8-9)14(3,4)12/h5-8H,1-4H3. The van der Waals surface area contributed by atoms with Crippen molar-refractivity contribution in [2.24, 2.45) is 0 Å². The van der Waals surface area contributed by atoms with Gasteiger partial charge >= 0.3 is 0 Å². The average Bonchev–Trinajstić information content (AvgIpc) is 2.01. The van der Waals surface area contributed by atoms with Gasteiger partial charge in [-0.3, -0.25) is 0 Å². The number of hydrogen-bond donors (Lipinski definition) is 0. The quantitative estimate of drug-likeness (QED) is 0.541. The summed E-state index contributed by atoms with van der Waals surface area (Å²) >= 11 is 0. The maximum atomic E-state index is 13.7. The van der Waals surface area contributed by atoms with Gasteiger partial charge in [-0.05, 0) is 36.6 Å². The topological polar surface area (TPSA) is 0 Å². The van der Waals surface area contributed by atoms with Crippen molar-refractivity contribution in [3.8, 4) is 0 Å². The second-order valence-corrected chi connectivity index (χ2v) is 11.6. The third kappa shape index (κ3) is 2.75. The van der Waals surface area contributed by atoms with E-state index in [0.29, 0.717) is 10.4 Å². The molecule has 0 heterocycles. The van der Waals surface area contributed by atoms with Crippen LogP contribution in [-0.4, -0.2) is 16.8 Å². The van der Waals surface area contributed by atoms with Crippen LogP contribution in [0.1, 0.15) is 0 Å². The monoisotopic (exact) mass is 230 g/mol. The summed E-state index contributed by atoms with van der Waals surface area (Å²) in [5, 5.41) is 1.38. The zero-order valence-electron chi connectivity index (χ0n) is 9.07. The van der Waals surface area contributed by atoms with Gasteiger partial charge in [-0.2, -0.15) is 0 Å². The van der Waals surface area contributed by atoms with Gasteiger partial charge < -0.3 is 8.22 Å². The van der Waals surface area contributed by atoms with Crippen molar-refractivity contribution in [1.29, 1.82) is 0 Å². The molecule has 1 aromatic carbocycles. The smallest absolute Gasteiger partial charge is 0.271 e. The Kier molecular flexibility index (Phi) is 2.97. The normalized spacial score (nSPS) is 13.0. The van der Waals surface area contributed by atoms with Crippen LogP contribution < -0.4 is 10.4 Å². The molecule has 78 valence electrons. The van der Waals surface area contributed by atoms with E-state index in [1.165, 1.54) is 0 Å². The van der Waals surface area contributed by atoms with Crippen LogP contribution >= 0.6 is 0 Å². The van der Waals surface area contributed by atoms with Gasteiger partial charge in [0.1, 0.15) is 0 Å². The maximum Gasteiger partial charge on any atom is 0.271 e. The molecule has 0 unspecified atom stereocenters. The molecule has 0 N–H and O–H groups in total. The molecule has 1 rings (SSSR count). The second-order valence-electron chi connectivity index (χ2n) is 4.53. The molecule has 0 saturated heterocycles. The van der Waals surface area contributed by atoms with E-state index in [1.54, 1.807) is 50.5 Å². The fourth-order valence-corrected chi connectivity index (χ4v) is 3.39. The largest absolute Gasteiger partial charge is 0.308 e. The van der Waals surface area contributed by atoms with Gasteiger partial charge in [-0.15, -0.1) is 0 Å². The molecule has 14 heavy (non-hydrogen) atoms. The van der Waals surface area contributed by atoms with Crippen molar-refractivity contribution in [1.82, 2.24) is 0 Å². The molecule has 0 amide bonds.